The van der Waals surface area contributed by atoms with Crippen molar-refractivity contribution in [3.05, 3.63) is 89.0 Å². The molecule has 0 aliphatic carbocycles. The van der Waals surface area contributed by atoms with Gasteiger partial charge in [0.2, 0.25) is 0 Å². The molecule has 0 radical (unpaired) electrons. The SMILES string of the molecule is CCNC(=O)N(CCCCOc1ccc(C(C)(C)CC)cc1C(C)(C)CC)Cc1ccc(OC)c(OCc2ccccc2)c1. The van der Waals surface area contributed by atoms with Crippen LogP contribution in [0.15, 0.2) is 66.7 Å². The Kier molecular flexibility index (Phi) is 13.0. The number of carbonyl (C=O) groups is 1. The van der Waals surface area contributed by atoms with Gasteiger partial charge in [0.1, 0.15) is 12.4 Å². The van der Waals surface area contributed by atoms with E-state index in [9.17, 15) is 4.79 Å². The Morgan fingerprint density at radius 2 is 1.48 bits per heavy atom. The molecule has 3 rings (SSSR count). The fourth-order valence-corrected chi connectivity index (χ4v) is 4.99. The molecule has 0 bridgehead atoms. The third kappa shape index (κ3) is 9.67. The van der Waals surface area contributed by atoms with E-state index in [0.29, 0.717) is 44.3 Å². The number of nitrogens with zero attached hydrogens (tertiary/aromatic N) is 1. The number of hydrogen-bond donors (Lipinski definition) is 1. The number of ether oxygens (including phenoxy) is 3. The van der Waals surface area contributed by atoms with Crippen molar-refractivity contribution in [3.8, 4) is 17.2 Å². The van der Waals surface area contributed by atoms with Crippen LogP contribution in [0.2, 0.25) is 0 Å². The van der Waals surface area contributed by atoms with Crippen LogP contribution in [0, 0.1) is 0 Å². The highest BCUT2D eigenvalue weighted by atomic mass is 16.5. The second-order valence-electron chi connectivity index (χ2n) is 12.8. The number of benzene rings is 3. The first-order valence-electron chi connectivity index (χ1n) is 16.2. The molecule has 240 valence electrons. The normalized spacial score (nSPS) is 11.6. The van der Waals surface area contributed by atoms with Crippen LogP contribution in [0.3, 0.4) is 0 Å². The molecule has 0 atom stereocenters. The largest absolute Gasteiger partial charge is 0.493 e. The molecule has 0 aromatic heterocycles. The molecule has 3 aromatic rings. The first kappa shape index (κ1) is 34.8. The Morgan fingerprint density at radius 3 is 2.14 bits per heavy atom. The zero-order valence-corrected chi connectivity index (χ0v) is 28.3. The number of methoxy groups -OCH3 is 1. The van der Waals surface area contributed by atoms with Crippen molar-refractivity contribution in [2.45, 2.75) is 98.1 Å². The Balaban J connectivity index is 1.65. The zero-order valence-electron chi connectivity index (χ0n) is 28.3. The van der Waals surface area contributed by atoms with Gasteiger partial charge >= 0.3 is 6.03 Å². The fourth-order valence-electron chi connectivity index (χ4n) is 4.99. The van der Waals surface area contributed by atoms with Gasteiger partial charge in [0.05, 0.1) is 13.7 Å². The molecule has 0 spiro atoms. The van der Waals surface area contributed by atoms with Gasteiger partial charge in [0.25, 0.3) is 0 Å². The highest BCUT2D eigenvalue weighted by molar-refractivity contribution is 5.74. The predicted octanol–water partition coefficient (Wildman–Crippen LogP) is 9.04. The lowest BCUT2D eigenvalue weighted by molar-refractivity contribution is 0.192. The van der Waals surface area contributed by atoms with Gasteiger partial charge in [-0.15, -0.1) is 0 Å². The van der Waals surface area contributed by atoms with E-state index in [1.807, 2.05) is 60.4 Å². The van der Waals surface area contributed by atoms with Gasteiger partial charge in [0.15, 0.2) is 11.5 Å². The van der Waals surface area contributed by atoms with Crippen molar-refractivity contribution in [1.29, 1.82) is 0 Å². The van der Waals surface area contributed by atoms with Crippen LogP contribution >= 0.6 is 0 Å². The topological polar surface area (TPSA) is 60.0 Å². The van der Waals surface area contributed by atoms with Gasteiger partial charge in [-0.1, -0.05) is 90.1 Å². The summed E-state index contributed by atoms with van der Waals surface area (Å²) < 4.78 is 18.0. The molecule has 2 amide bonds. The second-order valence-corrected chi connectivity index (χ2v) is 12.8. The third-order valence-corrected chi connectivity index (χ3v) is 8.79. The molecule has 6 heteroatoms. The monoisotopic (exact) mass is 602 g/mol. The standard InChI is InChI=1S/C38H54N2O4/c1-9-37(4,5)31-20-22-33(32(26-31)38(6,7)10-2)43-24-16-15-23-40(36(41)39-11-3)27-30-19-21-34(42-8)35(25-30)44-28-29-17-13-12-14-18-29/h12-14,17-22,25-26H,9-11,15-16,23-24,27-28H2,1-8H3,(H,39,41). The van der Waals surface area contributed by atoms with E-state index in [1.54, 1.807) is 7.11 Å². The lowest BCUT2D eigenvalue weighted by Gasteiger charge is -2.30. The van der Waals surface area contributed by atoms with Crippen molar-refractivity contribution >= 4 is 6.03 Å². The van der Waals surface area contributed by atoms with Crippen molar-refractivity contribution in [1.82, 2.24) is 10.2 Å². The summed E-state index contributed by atoms with van der Waals surface area (Å²) in [4.78, 5) is 14.9. The quantitative estimate of drug-likeness (QED) is 0.157. The average Bonchev–Trinajstić information content (AvgIpc) is 3.03. The highest BCUT2D eigenvalue weighted by Gasteiger charge is 2.26. The molecule has 0 saturated heterocycles. The maximum absolute atomic E-state index is 13.0. The molecule has 3 aromatic carbocycles. The molecule has 0 fully saturated rings. The van der Waals surface area contributed by atoms with E-state index in [0.717, 1.165) is 42.6 Å². The molecule has 1 N–H and O–H groups in total. The molecule has 0 saturated carbocycles. The molecular formula is C38H54N2O4. The van der Waals surface area contributed by atoms with Crippen LogP contribution in [0.4, 0.5) is 4.79 Å². The van der Waals surface area contributed by atoms with Crippen molar-refractivity contribution < 1.29 is 19.0 Å². The molecule has 6 nitrogen and oxygen atoms in total. The number of carbonyl (C=O) groups excluding carboxylic acids is 1. The Hall–Kier alpha value is -3.67. The maximum atomic E-state index is 13.0. The van der Waals surface area contributed by atoms with Gasteiger partial charge in [-0.25, -0.2) is 4.79 Å². The Labute approximate surface area is 266 Å². The van der Waals surface area contributed by atoms with Crippen LogP contribution in [0.1, 0.15) is 96.4 Å². The Morgan fingerprint density at radius 1 is 0.773 bits per heavy atom. The van der Waals surface area contributed by atoms with E-state index >= 15 is 0 Å². The van der Waals surface area contributed by atoms with Gasteiger partial charge < -0.3 is 24.4 Å². The minimum absolute atomic E-state index is 0.0201. The van der Waals surface area contributed by atoms with E-state index < -0.39 is 0 Å². The smallest absolute Gasteiger partial charge is 0.317 e. The summed E-state index contributed by atoms with van der Waals surface area (Å²) in [6.07, 6.45) is 3.79. The summed E-state index contributed by atoms with van der Waals surface area (Å²) in [7, 11) is 1.64. The summed E-state index contributed by atoms with van der Waals surface area (Å²) in [5.41, 5.74) is 4.83. The number of hydrogen-bond acceptors (Lipinski definition) is 4. The molecule has 0 unspecified atom stereocenters. The summed E-state index contributed by atoms with van der Waals surface area (Å²) in [6, 6.07) is 22.6. The van der Waals surface area contributed by atoms with E-state index in [-0.39, 0.29) is 16.9 Å². The van der Waals surface area contributed by atoms with Gasteiger partial charge in [-0.3, -0.25) is 0 Å². The molecule has 0 heterocycles. The highest BCUT2D eigenvalue weighted by Crippen LogP contribution is 2.38. The van der Waals surface area contributed by atoms with E-state index in [4.69, 9.17) is 14.2 Å². The fraction of sp³-hybridized carbons (Fsp3) is 0.500. The third-order valence-electron chi connectivity index (χ3n) is 8.79. The van der Waals surface area contributed by atoms with Crippen LogP contribution in [-0.4, -0.2) is 37.7 Å². The number of nitrogens with one attached hydrogen (secondary N) is 1. The summed E-state index contributed by atoms with van der Waals surface area (Å²) in [5, 5.41) is 2.97. The number of amides is 2. The minimum Gasteiger partial charge on any atom is -0.493 e. The average molecular weight is 603 g/mol. The summed E-state index contributed by atoms with van der Waals surface area (Å²) in [6.45, 7) is 18.3. The van der Waals surface area contributed by atoms with Crippen molar-refractivity contribution in [3.63, 3.8) is 0 Å². The number of urea groups is 1. The van der Waals surface area contributed by atoms with Gasteiger partial charge in [-0.2, -0.15) is 0 Å². The van der Waals surface area contributed by atoms with Crippen LogP contribution in [0.5, 0.6) is 17.2 Å². The molecule has 44 heavy (non-hydrogen) atoms. The van der Waals surface area contributed by atoms with Crippen molar-refractivity contribution in [2.75, 3.05) is 26.8 Å². The number of rotatable bonds is 17. The van der Waals surface area contributed by atoms with Gasteiger partial charge in [0, 0.05) is 25.2 Å². The van der Waals surface area contributed by atoms with E-state index in [1.165, 1.54) is 11.1 Å². The van der Waals surface area contributed by atoms with E-state index in [2.05, 4.69) is 65.1 Å². The molecule has 0 aliphatic rings. The number of unbranched alkanes of at least 4 members (excludes halogenated alkanes) is 1. The first-order chi connectivity index (χ1) is 21.0. The molecular weight excluding hydrogens is 548 g/mol. The minimum atomic E-state index is -0.0721. The van der Waals surface area contributed by atoms with Crippen LogP contribution in [-0.2, 0) is 24.0 Å². The lowest BCUT2D eigenvalue weighted by atomic mass is 9.76. The zero-order chi connectivity index (χ0) is 32.2. The van der Waals surface area contributed by atoms with Crippen LogP contribution in [0.25, 0.3) is 0 Å². The van der Waals surface area contributed by atoms with Crippen LogP contribution < -0.4 is 19.5 Å². The van der Waals surface area contributed by atoms with Gasteiger partial charge in [-0.05, 0) is 78.3 Å². The van der Waals surface area contributed by atoms with Crippen molar-refractivity contribution in [2.24, 2.45) is 0 Å². The maximum Gasteiger partial charge on any atom is 0.317 e. The first-order valence-corrected chi connectivity index (χ1v) is 16.2. The summed E-state index contributed by atoms with van der Waals surface area (Å²) in [5.74, 6) is 2.30. The second kappa shape index (κ2) is 16.4. The lowest BCUT2D eigenvalue weighted by Crippen LogP contribution is -2.40. The summed E-state index contributed by atoms with van der Waals surface area (Å²) >= 11 is 0. The predicted molar refractivity (Wildman–Crippen MR) is 181 cm³/mol. The molecule has 0 aliphatic heterocycles. The Bertz CT molecular complexity index is 1320.